The van der Waals surface area contributed by atoms with Crippen molar-refractivity contribution in [3.8, 4) is 0 Å². The van der Waals surface area contributed by atoms with Gasteiger partial charge in [0.05, 0.1) is 0 Å². The minimum Gasteiger partial charge on any atom is -0.0761 e. The van der Waals surface area contributed by atoms with Crippen molar-refractivity contribution in [2.45, 2.75) is 5.92 Å². The zero-order chi connectivity index (χ0) is 10.8. The van der Waals surface area contributed by atoms with Gasteiger partial charge in [-0.1, -0.05) is 72.9 Å². The first-order valence-corrected chi connectivity index (χ1v) is 5.73. The molecule has 3 rings (SSSR count). The van der Waals surface area contributed by atoms with E-state index in [1.807, 2.05) is 0 Å². The number of allylic oxidation sites excluding steroid dienone is 8. The molecule has 0 N–H and O–H groups in total. The second-order valence-electron chi connectivity index (χ2n) is 4.26. The molecule has 0 aromatic heterocycles. The molecule has 0 saturated carbocycles. The first-order chi connectivity index (χ1) is 7.95. The third kappa shape index (κ3) is 1.57. The molecule has 2 aliphatic carbocycles. The van der Waals surface area contributed by atoms with E-state index in [-0.39, 0.29) is 0 Å². The average Bonchev–Trinajstić information content (AvgIpc) is 2.39. The predicted octanol–water partition coefficient (Wildman–Crippen LogP) is 4.01. The summed E-state index contributed by atoms with van der Waals surface area (Å²) in [6.07, 6.45) is 15.5. The topological polar surface area (TPSA) is 0 Å². The first-order valence-electron chi connectivity index (χ1n) is 5.73. The summed E-state index contributed by atoms with van der Waals surface area (Å²) in [5, 5.41) is 0. The molecule has 78 valence electrons. The van der Waals surface area contributed by atoms with Gasteiger partial charge in [-0.3, -0.25) is 0 Å². The first kappa shape index (κ1) is 9.41. The highest BCUT2D eigenvalue weighted by Crippen LogP contribution is 2.37. The Morgan fingerprint density at radius 2 is 1.56 bits per heavy atom. The van der Waals surface area contributed by atoms with Gasteiger partial charge in [-0.15, -0.1) is 0 Å². The standard InChI is InChI=1S/C16H14/c1-2-7-13(8-3-1)16-12-6-10-14-9-4-5-11-15(14)16/h1-12,15-16H. The minimum absolute atomic E-state index is 0.488. The quantitative estimate of drug-likeness (QED) is 0.651. The summed E-state index contributed by atoms with van der Waals surface area (Å²) < 4.78 is 0. The summed E-state index contributed by atoms with van der Waals surface area (Å²) in [5.41, 5.74) is 2.81. The fourth-order valence-electron chi connectivity index (χ4n) is 2.47. The molecule has 0 heteroatoms. The van der Waals surface area contributed by atoms with Crippen molar-refractivity contribution in [3.05, 3.63) is 84.0 Å². The Kier molecular flexibility index (Phi) is 2.34. The Bertz CT molecular complexity index is 486. The maximum absolute atomic E-state index is 2.30. The molecule has 0 aliphatic heterocycles. The molecule has 0 radical (unpaired) electrons. The molecular weight excluding hydrogens is 192 g/mol. The molecule has 1 aromatic rings. The van der Waals surface area contributed by atoms with Crippen molar-refractivity contribution in [2.24, 2.45) is 5.92 Å². The second-order valence-corrected chi connectivity index (χ2v) is 4.26. The van der Waals surface area contributed by atoms with E-state index in [0.29, 0.717) is 11.8 Å². The lowest BCUT2D eigenvalue weighted by Gasteiger charge is -2.27. The monoisotopic (exact) mass is 206 g/mol. The molecule has 0 fully saturated rings. The normalized spacial score (nSPS) is 26.4. The van der Waals surface area contributed by atoms with Gasteiger partial charge < -0.3 is 0 Å². The molecule has 0 bridgehead atoms. The van der Waals surface area contributed by atoms with Crippen molar-refractivity contribution >= 4 is 0 Å². The molecule has 2 unspecified atom stereocenters. The van der Waals surface area contributed by atoms with Gasteiger partial charge >= 0.3 is 0 Å². The third-order valence-corrected chi connectivity index (χ3v) is 3.28. The molecule has 0 nitrogen and oxygen atoms in total. The predicted molar refractivity (Wildman–Crippen MR) is 68.2 cm³/mol. The highest BCUT2D eigenvalue weighted by Gasteiger charge is 2.23. The molecular formula is C16H14. The number of fused-ring (bicyclic) bond motifs is 1. The lowest BCUT2D eigenvalue weighted by Crippen LogP contribution is -2.14. The van der Waals surface area contributed by atoms with E-state index in [4.69, 9.17) is 0 Å². The number of hydrogen-bond acceptors (Lipinski definition) is 0. The Morgan fingerprint density at radius 1 is 0.750 bits per heavy atom. The molecule has 0 saturated heterocycles. The van der Waals surface area contributed by atoms with Gasteiger partial charge in [-0.2, -0.15) is 0 Å². The van der Waals surface area contributed by atoms with Crippen LogP contribution in [0.25, 0.3) is 0 Å². The zero-order valence-electron chi connectivity index (χ0n) is 9.08. The van der Waals surface area contributed by atoms with E-state index < -0.39 is 0 Å². The smallest absolute Gasteiger partial charge is 0.0125 e. The molecule has 0 heterocycles. The van der Waals surface area contributed by atoms with Crippen molar-refractivity contribution < 1.29 is 0 Å². The molecule has 2 atom stereocenters. The Labute approximate surface area is 96.3 Å². The Balaban J connectivity index is 1.99. The average molecular weight is 206 g/mol. The lowest BCUT2D eigenvalue weighted by molar-refractivity contribution is 0.670. The van der Waals surface area contributed by atoms with Crippen LogP contribution in [0.15, 0.2) is 78.4 Å². The van der Waals surface area contributed by atoms with Crippen molar-refractivity contribution in [1.29, 1.82) is 0 Å². The van der Waals surface area contributed by atoms with Gasteiger partial charge in [0.2, 0.25) is 0 Å². The third-order valence-electron chi connectivity index (χ3n) is 3.28. The van der Waals surface area contributed by atoms with Crippen LogP contribution in [0.3, 0.4) is 0 Å². The summed E-state index contributed by atoms with van der Waals surface area (Å²) in [5.74, 6) is 1.000. The molecule has 2 aliphatic rings. The van der Waals surface area contributed by atoms with Gasteiger partial charge in [0, 0.05) is 11.8 Å². The highest BCUT2D eigenvalue weighted by molar-refractivity contribution is 5.44. The Morgan fingerprint density at radius 3 is 2.44 bits per heavy atom. The lowest BCUT2D eigenvalue weighted by atomic mass is 9.76. The van der Waals surface area contributed by atoms with Crippen molar-refractivity contribution in [1.82, 2.24) is 0 Å². The summed E-state index contributed by atoms with van der Waals surface area (Å²) in [6, 6.07) is 10.7. The number of rotatable bonds is 1. The van der Waals surface area contributed by atoms with Gasteiger partial charge in [0.25, 0.3) is 0 Å². The van der Waals surface area contributed by atoms with Crippen LogP contribution in [0.1, 0.15) is 11.5 Å². The van der Waals surface area contributed by atoms with Crippen LogP contribution >= 0.6 is 0 Å². The van der Waals surface area contributed by atoms with Gasteiger partial charge in [0.1, 0.15) is 0 Å². The van der Waals surface area contributed by atoms with Crippen LogP contribution in [-0.2, 0) is 0 Å². The fourth-order valence-corrected chi connectivity index (χ4v) is 2.47. The van der Waals surface area contributed by atoms with Crippen LogP contribution in [0.5, 0.6) is 0 Å². The number of hydrogen-bond donors (Lipinski definition) is 0. The summed E-state index contributed by atoms with van der Waals surface area (Å²) in [4.78, 5) is 0. The summed E-state index contributed by atoms with van der Waals surface area (Å²) >= 11 is 0. The van der Waals surface area contributed by atoms with Crippen LogP contribution in [0.2, 0.25) is 0 Å². The molecule has 0 spiro atoms. The van der Waals surface area contributed by atoms with Crippen LogP contribution in [0.4, 0.5) is 0 Å². The van der Waals surface area contributed by atoms with E-state index in [2.05, 4.69) is 72.9 Å². The maximum Gasteiger partial charge on any atom is 0.0125 e. The van der Waals surface area contributed by atoms with E-state index in [9.17, 15) is 0 Å². The van der Waals surface area contributed by atoms with Crippen LogP contribution < -0.4 is 0 Å². The maximum atomic E-state index is 2.30. The van der Waals surface area contributed by atoms with Crippen molar-refractivity contribution in [2.75, 3.05) is 0 Å². The SMILES string of the molecule is C1=CC2=CC=CC(c3ccccc3)C2C=C1. The summed E-state index contributed by atoms with van der Waals surface area (Å²) in [7, 11) is 0. The Hall–Kier alpha value is -1.82. The molecule has 16 heavy (non-hydrogen) atoms. The largest absolute Gasteiger partial charge is 0.0761 e. The van der Waals surface area contributed by atoms with Crippen LogP contribution in [0, 0.1) is 5.92 Å². The fraction of sp³-hybridized carbons (Fsp3) is 0.125. The van der Waals surface area contributed by atoms with Gasteiger partial charge in [-0.25, -0.2) is 0 Å². The van der Waals surface area contributed by atoms with Crippen molar-refractivity contribution in [3.63, 3.8) is 0 Å². The van der Waals surface area contributed by atoms with E-state index >= 15 is 0 Å². The molecule has 0 amide bonds. The van der Waals surface area contributed by atoms with E-state index in [1.165, 1.54) is 11.1 Å². The van der Waals surface area contributed by atoms with E-state index in [1.54, 1.807) is 0 Å². The summed E-state index contributed by atoms with van der Waals surface area (Å²) in [6.45, 7) is 0. The minimum atomic E-state index is 0.488. The van der Waals surface area contributed by atoms with Crippen LogP contribution in [-0.4, -0.2) is 0 Å². The van der Waals surface area contributed by atoms with Gasteiger partial charge in [0.15, 0.2) is 0 Å². The van der Waals surface area contributed by atoms with Gasteiger partial charge in [-0.05, 0) is 11.1 Å². The highest BCUT2D eigenvalue weighted by atomic mass is 14.3. The zero-order valence-corrected chi connectivity index (χ0v) is 9.08. The second kappa shape index (κ2) is 3.97. The number of benzene rings is 1. The van der Waals surface area contributed by atoms with E-state index in [0.717, 1.165) is 0 Å². The molecule has 1 aromatic carbocycles.